The van der Waals surface area contributed by atoms with E-state index in [-0.39, 0.29) is 18.2 Å². The van der Waals surface area contributed by atoms with Crippen molar-refractivity contribution in [3.05, 3.63) is 95.3 Å². The van der Waals surface area contributed by atoms with Crippen molar-refractivity contribution in [1.29, 1.82) is 0 Å². The maximum absolute atomic E-state index is 14.3. The molecule has 0 aliphatic carbocycles. The average Bonchev–Trinajstić information content (AvgIpc) is 3.42. The summed E-state index contributed by atoms with van der Waals surface area (Å²) in [7, 11) is 0. The Kier molecular flexibility index (Phi) is 4.76. The van der Waals surface area contributed by atoms with E-state index < -0.39 is 41.0 Å². The zero-order valence-corrected chi connectivity index (χ0v) is 18.6. The number of hydrogen-bond donors (Lipinski definition) is 3. The van der Waals surface area contributed by atoms with Crippen molar-refractivity contribution < 1.29 is 23.9 Å². The fraction of sp³-hybridized carbons (Fsp3) is 0.222. The summed E-state index contributed by atoms with van der Waals surface area (Å²) >= 11 is 0. The van der Waals surface area contributed by atoms with Crippen LogP contribution in [-0.4, -0.2) is 33.8 Å². The summed E-state index contributed by atoms with van der Waals surface area (Å²) in [5.41, 5.74) is 0.842. The van der Waals surface area contributed by atoms with E-state index in [1.165, 1.54) is 23.1 Å². The molecule has 1 spiro atoms. The molecule has 0 radical (unpaired) electrons. The van der Waals surface area contributed by atoms with E-state index in [0.717, 1.165) is 11.1 Å². The molecule has 3 aliphatic rings. The van der Waals surface area contributed by atoms with Gasteiger partial charge in [-0.2, -0.15) is 0 Å². The molecule has 0 unspecified atom stereocenters. The van der Waals surface area contributed by atoms with Crippen LogP contribution in [-0.2, 0) is 32.9 Å². The lowest BCUT2D eigenvalue weighted by atomic mass is 9.76. The highest BCUT2D eigenvalue weighted by molar-refractivity contribution is 6.15. The number of imide groups is 1. The Balaban J connectivity index is 1.45. The van der Waals surface area contributed by atoms with Gasteiger partial charge in [0.2, 0.25) is 17.7 Å². The van der Waals surface area contributed by atoms with E-state index in [2.05, 4.69) is 10.6 Å². The van der Waals surface area contributed by atoms with E-state index in [4.69, 9.17) is 0 Å². The average molecular weight is 471 g/mol. The summed E-state index contributed by atoms with van der Waals surface area (Å²) in [6.45, 7) is 0.102. The standard InChI is InChI=1S/C27H22FN3O4/c28-17-8-11-20-19(13-17)27(26(35)29-20)23-22(21(30-27)12-15-6-9-18(32)10-7-15)24(33)31(25(23)34)14-16-4-2-1-3-5-16/h1-11,13,21-23,30,32H,12,14H2,(H,29,35)/t21-,22+,23-,27+/m0/s1. The normalized spacial score (nSPS) is 26.8. The van der Waals surface area contributed by atoms with Crippen LogP contribution in [0.1, 0.15) is 16.7 Å². The molecule has 8 heteroatoms. The molecule has 6 rings (SSSR count). The van der Waals surface area contributed by atoms with Gasteiger partial charge in [-0.15, -0.1) is 0 Å². The number of likely N-dealkylation sites (tertiary alicyclic amines) is 1. The Morgan fingerprint density at radius 1 is 0.914 bits per heavy atom. The minimum Gasteiger partial charge on any atom is -0.508 e. The van der Waals surface area contributed by atoms with Gasteiger partial charge in [0.05, 0.1) is 18.4 Å². The van der Waals surface area contributed by atoms with Crippen LogP contribution in [0.25, 0.3) is 0 Å². The van der Waals surface area contributed by atoms with Crippen LogP contribution in [0.3, 0.4) is 0 Å². The molecule has 176 valence electrons. The number of halogens is 1. The molecule has 4 atom stereocenters. The predicted octanol–water partition coefficient (Wildman–Crippen LogP) is 2.69. The third kappa shape index (κ3) is 3.17. The molecular formula is C27H22FN3O4. The molecule has 7 nitrogen and oxygen atoms in total. The molecule has 3 amide bonds. The van der Waals surface area contributed by atoms with Crippen molar-refractivity contribution in [3.8, 4) is 5.75 Å². The van der Waals surface area contributed by atoms with Crippen LogP contribution < -0.4 is 10.6 Å². The number of anilines is 1. The molecule has 3 N–H and O–H groups in total. The number of carbonyl (C=O) groups is 3. The smallest absolute Gasteiger partial charge is 0.250 e. The molecule has 0 aromatic heterocycles. The number of hydrogen-bond acceptors (Lipinski definition) is 5. The Labute approximate surface area is 200 Å². The number of aromatic hydroxyl groups is 1. The molecule has 0 saturated carbocycles. The van der Waals surface area contributed by atoms with Crippen LogP contribution >= 0.6 is 0 Å². The second-order valence-corrected chi connectivity index (χ2v) is 9.33. The molecule has 3 aromatic rings. The number of carbonyl (C=O) groups excluding carboxylic acids is 3. The van der Waals surface area contributed by atoms with Crippen LogP contribution in [0.4, 0.5) is 10.1 Å². The van der Waals surface area contributed by atoms with Gasteiger partial charge in [-0.3, -0.25) is 24.6 Å². The number of rotatable bonds is 4. The molecule has 0 bridgehead atoms. The minimum atomic E-state index is -1.55. The molecule has 3 aliphatic heterocycles. The highest BCUT2D eigenvalue weighted by atomic mass is 19.1. The van der Waals surface area contributed by atoms with Gasteiger partial charge in [0.15, 0.2) is 0 Å². The maximum Gasteiger partial charge on any atom is 0.250 e. The number of benzene rings is 3. The number of nitrogens with zero attached hydrogens (tertiary/aromatic N) is 1. The quantitative estimate of drug-likeness (QED) is 0.509. The fourth-order valence-corrected chi connectivity index (χ4v) is 5.82. The monoisotopic (exact) mass is 471 g/mol. The van der Waals surface area contributed by atoms with E-state index in [1.807, 2.05) is 30.3 Å². The predicted molar refractivity (Wildman–Crippen MR) is 124 cm³/mol. The molecule has 3 aromatic carbocycles. The first-order valence-electron chi connectivity index (χ1n) is 11.4. The van der Waals surface area contributed by atoms with Crippen LogP contribution in [0.2, 0.25) is 0 Å². The first kappa shape index (κ1) is 21.5. The zero-order chi connectivity index (χ0) is 24.3. The second-order valence-electron chi connectivity index (χ2n) is 9.33. The second kappa shape index (κ2) is 7.74. The fourth-order valence-electron chi connectivity index (χ4n) is 5.82. The summed E-state index contributed by atoms with van der Waals surface area (Å²) in [4.78, 5) is 42.2. The summed E-state index contributed by atoms with van der Waals surface area (Å²) in [5.74, 6) is -3.50. The summed E-state index contributed by atoms with van der Waals surface area (Å²) in [5, 5.41) is 15.7. The summed E-state index contributed by atoms with van der Waals surface area (Å²) < 4.78 is 14.3. The van der Waals surface area contributed by atoms with Gasteiger partial charge in [-0.25, -0.2) is 4.39 Å². The van der Waals surface area contributed by atoms with Crippen molar-refractivity contribution in [2.45, 2.75) is 24.5 Å². The zero-order valence-electron chi connectivity index (χ0n) is 18.6. The maximum atomic E-state index is 14.3. The lowest BCUT2D eigenvalue weighted by Gasteiger charge is -2.29. The van der Waals surface area contributed by atoms with Gasteiger partial charge in [-0.05, 0) is 47.9 Å². The summed E-state index contributed by atoms with van der Waals surface area (Å²) in [6.07, 6.45) is 0.347. The first-order chi connectivity index (χ1) is 16.9. The Morgan fingerprint density at radius 2 is 1.66 bits per heavy atom. The number of phenols is 1. The van der Waals surface area contributed by atoms with Crippen molar-refractivity contribution in [1.82, 2.24) is 10.2 Å². The largest absolute Gasteiger partial charge is 0.508 e. The molecule has 2 saturated heterocycles. The van der Waals surface area contributed by atoms with Crippen molar-refractivity contribution >= 4 is 23.4 Å². The van der Waals surface area contributed by atoms with E-state index in [9.17, 15) is 23.9 Å². The third-order valence-corrected chi connectivity index (χ3v) is 7.34. The van der Waals surface area contributed by atoms with Gasteiger partial charge in [0, 0.05) is 17.3 Å². The van der Waals surface area contributed by atoms with Gasteiger partial charge in [0.1, 0.15) is 17.1 Å². The number of phenolic OH excluding ortho intramolecular Hbond substituents is 1. The SMILES string of the molecule is O=C1[C@@H]2[C@H](Cc3ccc(O)cc3)N[C@@]3(C(=O)Nc4ccc(F)cc43)[C@@H]2C(=O)N1Cc1ccccc1. The lowest BCUT2D eigenvalue weighted by Crippen LogP contribution is -2.53. The van der Waals surface area contributed by atoms with Crippen LogP contribution in [0.15, 0.2) is 72.8 Å². The highest BCUT2D eigenvalue weighted by Gasteiger charge is 2.70. The molecular weight excluding hydrogens is 449 g/mol. The lowest BCUT2D eigenvalue weighted by molar-refractivity contribution is -0.143. The molecule has 3 heterocycles. The van der Waals surface area contributed by atoms with Gasteiger partial charge in [-0.1, -0.05) is 42.5 Å². The number of amides is 3. The van der Waals surface area contributed by atoms with Gasteiger partial charge in [0.25, 0.3) is 0 Å². The van der Waals surface area contributed by atoms with Gasteiger partial charge < -0.3 is 10.4 Å². The molecule has 35 heavy (non-hydrogen) atoms. The minimum absolute atomic E-state index is 0.102. The van der Waals surface area contributed by atoms with Gasteiger partial charge >= 0.3 is 0 Å². The van der Waals surface area contributed by atoms with Crippen molar-refractivity contribution in [3.63, 3.8) is 0 Å². The first-order valence-corrected chi connectivity index (χ1v) is 11.4. The third-order valence-electron chi connectivity index (χ3n) is 7.34. The summed E-state index contributed by atoms with van der Waals surface area (Å²) in [6, 6.07) is 19.2. The Hall–Kier alpha value is -4.04. The van der Waals surface area contributed by atoms with E-state index >= 15 is 0 Å². The Bertz CT molecular complexity index is 1360. The topological polar surface area (TPSA) is 98.7 Å². The van der Waals surface area contributed by atoms with Crippen LogP contribution in [0, 0.1) is 17.7 Å². The van der Waals surface area contributed by atoms with E-state index in [0.29, 0.717) is 17.7 Å². The Morgan fingerprint density at radius 3 is 2.40 bits per heavy atom. The van der Waals surface area contributed by atoms with Crippen molar-refractivity contribution in [2.75, 3.05) is 5.32 Å². The molecule has 2 fully saturated rings. The number of fused-ring (bicyclic) bond motifs is 4. The van der Waals surface area contributed by atoms with Crippen LogP contribution in [0.5, 0.6) is 5.75 Å². The number of nitrogens with one attached hydrogen (secondary N) is 2. The highest BCUT2D eigenvalue weighted by Crippen LogP contribution is 2.53. The van der Waals surface area contributed by atoms with E-state index in [1.54, 1.807) is 24.3 Å². The van der Waals surface area contributed by atoms with Crippen molar-refractivity contribution in [2.24, 2.45) is 11.8 Å².